The van der Waals surface area contributed by atoms with Gasteiger partial charge in [0.25, 0.3) is 0 Å². The number of nitrogens with one attached hydrogen (secondary N) is 2. The molecule has 1 saturated carbocycles. The van der Waals surface area contributed by atoms with Crippen molar-refractivity contribution >= 4 is 23.2 Å². The van der Waals surface area contributed by atoms with Crippen molar-refractivity contribution < 1.29 is 14.3 Å². The van der Waals surface area contributed by atoms with Crippen molar-refractivity contribution in [3.63, 3.8) is 0 Å². The molecule has 2 N–H and O–H groups in total. The summed E-state index contributed by atoms with van der Waals surface area (Å²) in [7, 11) is 0. The van der Waals surface area contributed by atoms with E-state index in [2.05, 4.69) is 10.6 Å². The van der Waals surface area contributed by atoms with Gasteiger partial charge in [0.15, 0.2) is 0 Å². The molecule has 26 heavy (non-hydrogen) atoms. The number of hydrogen-bond acceptors (Lipinski definition) is 4. The molecule has 0 radical (unpaired) electrons. The molecule has 0 saturated heterocycles. The van der Waals surface area contributed by atoms with Crippen LogP contribution in [0.15, 0.2) is 48.5 Å². The van der Waals surface area contributed by atoms with Gasteiger partial charge in [-0.1, -0.05) is 6.07 Å². The minimum Gasteiger partial charge on any atom is -0.494 e. The number of nitriles is 1. The summed E-state index contributed by atoms with van der Waals surface area (Å²) in [5.41, 5.74) is 1.71. The first-order chi connectivity index (χ1) is 12.6. The van der Waals surface area contributed by atoms with Gasteiger partial charge in [-0.25, -0.2) is 0 Å². The lowest BCUT2D eigenvalue weighted by molar-refractivity contribution is -0.122. The van der Waals surface area contributed by atoms with Gasteiger partial charge < -0.3 is 15.4 Å². The zero-order valence-electron chi connectivity index (χ0n) is 14.4. The quantitative estimate of drug-likeness (QED) is 0.838. The van der Waals surface area contributed by atoms with Gasteiger partial charge in [0, 0.05) is 11.4 Å². The predicted molar refractivity (Wildman–Crippen MR) is 97.6 cm³/mol. The van der Waals surface area contributed by atoms with E-state index in [1.807, 2.05) is 13.0 Å². The Morgan fingerprint density at radius 3 is 2.35 bits per heavy atom. The molecule has 3 rings (SSSR count). The van der Waals surface area contributed by atoms with Gasteiger partial charge in [-0.2, -0.15) is 5.26 Å². The largest absolute Gasteiger partial charge is 0.494 e. The normalized spacial score (nSPS) is 17.7. The number of anilines is 2. The van der Waals surface area contributed by atoms with Gasteiger partial charge in [0.1, 0.15) is 5.75 Å². The molecule has 132 valence electrons. The minimum atomic E-state index is -0.344. The fourth-order valence-corrected chi connectivity index (χ4v) is 2.71. The van der Waals surface area contributed by atoms with E-state index in [-0.39, 0.29) is 23.7 Å². The Hall–Kier alpha value is -3.33. The molecule has 2 unspecified atom stereocenters. The second-order valence-corrected chi connectivity index (χ2v) is 6.08. The number of nitrogens with zero attached hydrogens (tertiary/aromatic N) is 1. The van der Waals surface area contributed by atoms with Gasteiger partial charge in [0.2, 0.25) is 11.8 Å². The highest BCUT2D eigenvalue weighted by molar-refractivity contribution is 6.03. The summed E-state index contributed by atoms with van der Waals surface area (Å²) < 4.78 is 5.36. The molecule has 2 amide bonds. The summed E-state index contributed by atoms with van der Waals surface area (Å²) >= 11 is 0. The molecule has 1 aliphatic rings. The fraction of sp³-hybridized carbons (Fsp3) is 0.250. The van der Waals surface area contributed by atoms with Gasteiger partial charge in [-0.15, -0.1) is 0 Å². The lowest BCUT2D eigenvalue weighted by Gasteiger charge is -2.07. The van der Waals surface area contributed by atoms with Crippen molar-refractivity contribution in [3.05, 3.63) is 54.1 Å². The predicted octanol–water partition coefficient (Wildman–Crippen LogP) is 3.17. The Morgan fingerprint density at radius 1 is 1.08 bits per heavy atom. The zero-order valence-corrected chi connectivity index (χ0v) is 14.4. The van der Waals surface area contributed by atoms with Gasteiger partial charge in [-0.3, -0.25) is 9.59 Å². The smallest absolute Gasteiger partial charge is 0.228 e. The number of rotatable bonds is 6. The van der Waals surface area contributed by atoms with E-state index >= 15 is 0 Å². The lowest BCUT2D eigenvalue weighted by atomic mass is 10.2. The highest BCUT2D eigenvalue weighted by atomic mass is 16.5. The van der Waals surface area contributed by atoms with Gasteiger partial charge in [0.05, 0.1) is 30.1 Å². The van der Waals surface area contributed by atoms with E-state index in [0.29, 0.717) is 30.0 Å². The second-order valence-electron chi connectivity index (χ2n) is 6.08. The summed E-state index contributed by atoms with van der Waals surface area (Å²) in [4.78, 5) is 24.6. The Morgan fingerprint density at radius 2 is 1.73 bits per heavy atom. The van der Waals surface area contributed by atoms with E-state index in [0.717, 1.165) is 5.75 Å². The van der Waals surface area contributed by atoms with E-state index < -0.39 is 0 Å². The van der Waals surface area contributed by atoms with Crippen molar-refractivity contribution in [1.29, 1.82) is 5.26 Å². The zero-order chi connectivity index (χ0) is 18.5. The standard InChI is InChI=1S/C20H19N3O3/c1-2-26-16-8-6-14(7-9-16)22-19(24)17-11-18(17)20(25)23-15-5-3-4-13(10-15)12-21/h3-10,17-18H,2,11H2,1H3,(H,22,24)(H,23,25). The molecule has 0 heterocycles. The first-order valence-corrected chi connectivity index (χ1v) is 8.45. The first kappa shape index (κ1) is 17.5. The molecule has 2 aromatic carbocycles. The fourth-order valence-electron chi connectivity index (χ4n) is 2.71. The third-order valence-electron chi connectivity index (χ3n) is 4.16. The number of carbonyl (C=O) groups is 2. The Balaban J connectivity index is 1.53. The minimum absolute atomic E-state index is 0.167. The van der Waals surface area contributed by atoms with Crippen LogP contribution in [0.1, 0.15) is 18.9 Å². The molecule has 2 aromatic rings. The number of benzene rings is 2. The molecular weight excluding hydrogens is 330 g/mol. The van der Waals surface area contributed by atoms with Crippen LogP contribution in [0.4, 0.5) is 11.4 Å². The Kier molecular flexibility index (Phi) is 5.18. The van der Waals surface area contributed by atoms with Crippen molar-refractivity contribution in [2.75, 3.05) is 17.2 Å². The van der Waals surface area contributed by atoms with Crippen LogP contribution in [0, 0.1) is 23.2 Å². The van der Waals surface area contributed by atoms with E-state index in [1.54, 1.807) is 48.5 Å². The molecule has 0 spiro atoms. The average Bonchev–Trinajstić information content (AvgIpc) is 3.45. The SMILES string of the molecule is CCOc1ccc(NC(=O)C2CC2C(=O)Nc2cccc(C#N)c2)cc1. The first-order valence-electron chi connectivity index (χ1n) is 8.45. The Labute approximate surface area is 151 Å². The van der Waals surface area contributed by atoms with Crippen molar-refractivity contribution in [2.45, 2.75) is 13.3 Å². The average molecular weight is 349 g/mol. The monoisotopic (exact) mass is 349 g/mol. The lowest BCUT2D eigenvalue weighted by Crippen LogP contribution is -2.20. The second kappa shape index (κ2) is 7.70. The van der Waals surface area contributed by atoms with Crippen molar-refractivity contribution in [2.24, 2.45) is 11.8 Å². The third-order valence-corrected chi connectivity index (χ3v) is 4.16. The number of hydrogen-bond donors (Lipinski definition) is 2. The van der Waals surface area contributed by atoms with Crippen LogP contribution < -0.4 is 15.4 Å². The molecule has 2 atom stereocenters. The molecular formula is C20H19N3O3. The van der Waals surface area contributed by atoms with Crippen LogP contribution in [0.3, 0.4) is 0 Å². The van der Waals surface area contributed by atoms with Gasteiger partial charge >= 0.3 is 0 Å². The van der Waals surface area contributed by atoms with Crippen LogP contribution in [0.2, 0.25) is 0 Å². The molecule has 1 aliphatic carbocycles. The van der Waals surface area contributed by atoms with E-state index in [9.17, 15) is 9.59 Å². The highest BCUT2D eigenvalue weighted by Crippen LogP contribution is 2.40. The third kappa shape index (κ3) is 4.19. The van der Waals surface area contributed by atoms with E-state index in [1.165, 1.54) is 0 Å². The topological polar surface area (TPSA) is 91.2 Å². The summed E-state index contributed by atoms with van der Waals surface area (Å²) in [5.74, 6) is -0.301. The van der Waals surface area contributed by atoms with Crippen LogP contribution in [-0.4, -0.2) is 18.4 Å². The molecule has 0 aromatic heterocycles. The maximum Gasteiger partial charge on any atom is 0.228 e. The summed E-state index contributed by atoms with van der Waals surface area (Å²) in [6, 6.07) is 15.8. The molecule has 0 aliphatic heterocycles. The number of ether oxygens (including phenoxy) is 1. The van der Waals surface area contributed by atoms with E-state index in [4.69, 9.17) is 10.00 Å². The van der Waals surface area contributed by atoms with Gasteiger partial charge in [-0.05, 0) is 55.8 Å². The van der Waals surface area contributed by atoms with Crippen LogP contribution in [0.25, 0.3) is 0 Å². The van der Waals surface area contributed by atoms with Crippen LogP contribution >= 0.6 is 0 Å². The summed E-state index contributed by atoms with van der Waals surface area (Å²) in [6.07, 6.45) is 0.520. The maximum atomic E-state index is 12.3. The molecule has 6 nitrogen and oxygen atoms in total. The maximum absolute atomic E-state index is 12.3. The van der Waals surface area contributed by atoms with Crippen molar-refractivity contribution in [3.8, 4) is 11.8 Å². The highest BCUT2D eigenvalue weighted by Gasteiger charge is 2.48. The van der Waals surface area contributed by atoms with Crippen LogP contribution in [0.5, 0.6) is 5.75 Å². The summed E-state index contributed by atoms with van der Waals surface area (Å²) in [6.45, 7) is 2.49. The number of carbonyl (C=O) groups excluding carboxylic acids is 2. The molecule has 1 fully saturated rings. The van der Waals surface area contributed by atoms with Crippen LogP contribution in [-0.2, 0) is 9.59 Å². The summed E-state index contributed by atoms with van der Waals surface area (Å²) in [5, 5.41) is 14.5. The number of amides is 2. The molecule has 0 bridgehead atoms. The molecule has 6 heteroatoms. The van der Waals surface area contributed by atoms with Crippen molar-refractivity contribution in [1.82, 2.24) is 0 Å². The Bertz CT molecular complexity index is 855.